The molecule has 0 N–H and O–H groups in total. The second kappa shape index (κ2) is 10.7. The molecule has 0 bridgehead atoms. The van der Waals surface area contributed by atoms with Gasteiger partial charge in [-0.3, -0.25) is 0 Å². The third kappa shape index (κ3) is 4.16. The van der Waals surface area contributed by atoms with Crippen molar-refractivity contribution in [3.63, 3.8) is 0 Å². The predicted molar refractivity (Wildman–Crippen MR) is 208 cm³/mol. The summed E-state index contributed by atoms with van der Waals surface area (Å²) in [5.74, 6) is 0. The van der Waals surface area contributed by atoms with Crippen LogP contribution in [0.25, 0.3) is 98.0 Å². The van der Waals surface area contributed by atoms with E-state index in [4.69, 9.17) is 0 Å². The fraction of sp³-hybridized carbons (Fsp3) is 0. The Morgan fingerprint density at radius 2 is 0.729 bits per heavy atom. The smallest absolute Gasteiger partial charge is 0.00262 e. The number of rotatable bonds is 3. The van der Waals surface area contributed by atoms with Gasteiger partial charge in [-0.15, -0.1) is 0 Å². The van der Waals surface area contributed by atoms with Gasteiger partial charge in [-0.2, -0.15) is 0 Å². The minimum Gasteiger partial charge on any atom is -0.0616 e. The molecule has 0 saturated heterocycles. The van der Waals surface area contributed by atoms with Crippen LogP contribution in [0.4, 0.5) is 0 Å². The molecule has 0 heterocycles. The van der Waals surface area contributed by atoms with Crippen molar-refractivity contribution in [1.29, 1.82) is 0 Å². The zero-order valence-corrected chi connectivity index (χ0v) is 26.3. The Hall–Kier alpha value is -6.24. The van der Waals surface area contributed by atoms with Gasteiger partial charge in [0.05, 0.1) is 0 Å². The van der Waals surface area contributed by atoms with Crippen molar-refractivity contribution in [1.82, 2.24) is 0 Å². The van der Waals surface area contributed by atoms with Crippen LogP contribution in [0, 0.1) is 0 Å². The lowest BCUT2D eigenvalue weighted by atomic mass is 9.85. The first-order valence-electron chi connectivity index (χ1n) is 16.7. The fourth-order valence-corrected chi connectivity index (χ4v) is 7.95. The first kappa shape index (κ1) is 26.9. The van der Waals surface area contributed by atoms with Gasteiger partial charge in [0.15, 0.2) is 0 Å². The van der Waals surface area contributed by atoms with Crippen LogP contribution >= 0.6 is 0 Å². The maximum Gasteiger partial charge on any atom is -0.00262 e. The van der Waals surface area contributed by atoms with Crippen LogP contribution in [0.5, 0.6) is 0 Å². The number of hydrogen-bond acceptors (Lipinski definition) is 0. The van der Waals surface area contributed by atoms with Crippen molar-refractivity contribution in [2.45, 2.75) is 0 Å². The molecule has 0 aromatic heterocycles. The monoisotopic (exact) mass is 606 g/mol. The topological polar surface area (TPSA) is 0 Å². The number of hydrogen-bond donors (Lipinski definition) is 0. The molecule has 0 saturated carbocycles. The summed E-state index contributed by atoms with van der Waals surface area (Å²) in [6.07, 6.45) is 0. The standard InChI is InChI=1S/C48H30/c1-4-14-39-31(9-1)12-7-17-41(39)37-23-20-34-25-28-45(44-18-8-13-32-10-2-5-15-40(32)44)48(46(34)30-37)38-26-27-43-36(29-38)24-22-35-21-19-33-11-3-6-16-42(33)47(35)43/h1-30H. The van der Waals surface area contributed by atoms with Crippen molar-refractivity contribution in [3.8, 4) is 33.4 Å². The van der Waals surface area contributed by atoms with E-state index in [9.17, 15) is 0 Å². The molecule has 0 nitrogen and oxygen atoms in total. The lowest BCUT2D eigenvalue weighted by molar-refractivity contribution is 1.64. The molecule has 0 amide bonds. The second-order valence-corrected chi connectivity index (χ2v) is 12.9. The van der Waals surface area contributed by atoms with Gasteiger partial charge in [0, 0.05) is 0 Å². The summed E-state index contributed by atoms with van der Waals surface area (Å²) in [4.78, 5) is 0. The highest BCUT2D eigenvalue weighted by Crippen LogP contribution is 2.44. The van der Waals surface area contributed by atoms with E-state index in [-0.39, 0.29) is 0 Å². The van der Waals surface area contributed by atoms with Crippen molar-refractivity contribution >= 4 is 64.6 Å². The summed E-state index contributed by atoms with van der Waals surface area (Å²) in [6, 6.07) is 67.2. The Morgan fingerprint density at radius 1 is 0.229 bits per heavy atom. The normalized spacial score (nSPS) is 11.8. The molecule has 0 fully saturated rings. The summed E-state index contributed by atoms with van der Waals surface area (Å²) >= 11 is 0. The maximum atomic E-state index is 2.42. The summed E-state index contributed by atoms with van der Waals surface area (Å²) in [7, 11) is 0. The van der Waals surface area contributed by atoms with E-state index in [1.807, 2.05) is 0 Å². The molecule has 10 rings (SSSR count). The second-order valence-electron chi connectivity index (χ2n) is 12.9. The molecule has 0 aliphatic rings. The van der Waals surface area contributed by atoms with Crippen molar-refractivity contribution < 1.29 is 0 Å². The highest BCUT2D eigenvalue weighted by molar-refractivity contribution is 6.21. The molecule has 0 heteroatoms. The fourth-order valence-electron chi connectivity index (χ4n) is 7.95. The minimum atomic E-state index is 1.23. The molecule has 10 aromatic carbocycles. The van der Waals surface area contributed by atoms with Gasteiger partial charge >= 0.3 is 0 Å². The third-order valence-electron chi connectivity index (χ3n) is 10.2. The van der Waals surface area contributed by atoms with Gasteiger partial charge in [-0.25, -0.2) is 0 Å². The Balaban J connectivity index is 1.29. The van der Waals surface area contributed by atoms with Crippen LogP contribution in [0.1, 0.15) is 0 Å². The molecule has 222 valence electrons. The predicted octanol–water partition coefficient (Wildman–Crippen LogP) is 13.6. The number of benzene rings is 10. The lowest BCUT2D eigenvalue weighted by Gasteiger charge is -2.18. The van der Waals surface area contributed by atoms with Crippen LogP contribution in [-0.2, 0) is 0 Å². The van der Waals surface area contributed by atoms with Crippen LogP contribution in [-0.4, -0.2) is 0 Å². The quantitative estimate of drug-likeness (QED) is 0.176. The highest BCUT2D eigenvalue weighted by Gasteiger charge is 2.17. The number of fused-ring (bicyclic) bond motifs is 8. The SMILES string of the molecule is c1ccc2c(-c3ccc4ccc(-c5cccc6ccccc56)c(-c5ccc6c(ccc7ccc8ccccc8c76)c5)c4c3)cccc2c1. The summed E-state index contributed by atoms with van der Waals surface area (Å²) in [6.45, 7) is 0. The lowest BCUT2D eigenvalue weighted by Crippen LogP contribution is -1.91. The first-order chi connectivity index (χ1) is 23.8. The summed E-state index contributed by atoms with van der Waals surface area (Å²) in [5, 5.41) is 15.3. The average Bonchev–Trinajstić information content (AvgIpc) is 3.16. The summed E-state index contributed by atoms with van der Waals surface area (Å²) in [5.41, 5.74) is 7.49. The largest absolute Gasteiger partial charge is 0.0616 e. The third-order valence-corrected chi connectivity index (χ3v) is 10.2. The van der Waals surface area contributed by atoms with Gasteiger partial charge in [0.2, 0.25) is 0 Å². The van der Waals surface area contributed by atoms with Gasteiger partial charge in [0.25, 0.3) is 0 Å². The Kier molecular flexibility index (Phi) is 5.98. The molecule has 0 unspecified atom stereocenters. The van der Waals surface area contributed by atoms with Crippen LogP contribution in [0.2, 0.25) is 0 Å². The molecule has 0 radical (unpaired) electrons. The van der Waals surface area contributed by atoms with Crippen LogP contribution in [0.3, 0.4) is 0 Å². The van der Waals surface area contributed by atoms with E-state index in [0.717, 1.165) is 0 Å². The molecular formula is C48H30. The molecule has 0 spiro atoms. The molecule has 0 atom stereocenters. The highest BCUT2D eigenvalue weighted by atomic mass is 14.2. The zero-order valence-electron chi connectivity index (χ0n) is 26.3. The van der Waals surface area contributed by atoms with Crippen molar-refractivity contribution in [2.75, 3.05) is 0 Å². The van der Waals surface area contributed by atoms with E-state index in [2.05, 4.69) is 182 Å². The van der Waals surface area contributed by atoms with Crippen LogP contribution in [0.15, 0.2) is 182 Å². The molecular weight excluding hydrogens is 577 g/mol. The van der Waals surface area contributed by atoms with Gasteiger partial charge in [-0.05, 0) is 110 Å². The molecule has 10 aromatic rings. The Labute approximate surface area is 279 Å². The maximum absolute atomic E-state index is 2.42. The molecule has 48 heavy (non-hydrogen) atoms. The van der Waals surface area contributed by atoms with E-state index < -0.39 is 0 Å². The summed E-state index contributed by atoms with van der Waals surface area (Å²) < 4.78 is 0. The minimum absolute atomic E-state index is 1.23. The van der Waals surface area contributed by atoms with E-state index in [1.54, 1.807) is 0 Å². The van der Waals surface area contributed by atoms with E-state index in [1.165, 1.54) is 98.0 Å². The zero-order chi connectivity index (χ0) is 31.6. The molecule has 0 aliphatic carbocycles. The van der Waals surface area contributed by atoms with Gasteiger partial charge in [-0.1, -0.05) is 170 Å². The van der Waals surface area contributed by atoms with Crippen molar-refractivity contribution in [3.05, 3.63) is 182 Å². The van der Waals surface area contributed by atoms with Gasteiger partial charge < -0.3 is 0 Å². The van der Waals surface area contributed by atoms with E-state index in [0.29, 0.717) is 0 Å². The first-order valence-corrected chi connectivity index (χ1v) is 16.7. The van der Waals surface area contributed by atoms with Gasteiger partial charge in [0.1, 0.15) is 0 Å². The van der Waals surface area contributed by atoms with E-state index >= 15 is 0 Å². The van der Waals surface area contributed by atoms with Crippen LogP contribution < -0.4 is 0 Å². The average molecular weight is 607 g/mol. The Morgan fingerprint density at radius 3 is 1.50 bits per heavy atom. The Bertz CT molecular complexity index is 2870. The van der Waals surface area contributed by atoms with Crippen molar-refractivity contribution in [2.24, 2.45) is 0 Å². The molecule has 0 aliphatic heterocycles.